The molecule has 3 aromatic rings. The van der Waals surface area contributed by atoms with E-state index in [0.29, 0.717) is 10.9 Å². The van der Waals surface area contributed by atoms with Crippen LogP contribution in [0.2, 0.25) is 0 Å². The van der Waals surface area contributed by atoms with Crippen LogP contribution in [-0.4, -0.2) is 27.8 Å². The minimum atomic E-state index is -1.22. The molecule has 1 heterocycles. The van der Waals surface area contributed by atoms with Crippen LogP contribution in [0, 0.1) is 11.6 Å². The van der Waals surface area contributed by atoms with Crippen LogP contribution in [0.25, 0.3) is 10.9 Å². The van der Waals surface area contributed by atoms with Gasteiger partial charge in [0.2, 0.25) is 5.43 Å². The molecule has 0 saturated heterocycles. The van der Waals surface area contributed by atoms with Gasteiger partial charge in [0.05, 0.1) is 30.4 Å². The molecule has 0 fully saturated rings. The molecule has 0 unspecified atom stereocenters. The van der Waals surface area contributed by atoms with Crippen molar-refractivity contribution >= 4 is 28.5 Å². The molecule has 0 bridgehead atoms. The van der Waals surface area contributed by atoms with Gasteiger partial charge in [-0.3, -0.25) is 19.1 Å². The lowest BCUT2D eigenvalue weighted by Crippen LogP contribution is -2.30. The van der Waals surface area contributed by atoms with E-state index in [1.54, 1.807) is 24.3 Å². The minimum Gasteiger partial charge on any atom is -0.452 e. The second kappa shape index (κ2) is 8.59. The topological polar surface area (TPSA) is 90.3 Å². The molecule has 0 aliphatic heterocycles. The van der Waals surface area contributed by atoms with E-state index in [4.69, 9.17) is 4.74 Å². The molecule has 3 rings (SSSR count). The van der Waals surface area contributed by atoms with E-state index in [9.17, 15) is 23.2 Å². The molecule has 0 aliphatic rings. The number of ether oxygens (including phenoxy) is 1. The zero-order valence-electron chi connectivity index (χ0n) is 15.4. The number of hydrogen-bond donors (Lipinski definition) is 1. The summed E-state index contributed by atoms with van der Waals surface area (Å²) in [5.74, 6) is -3.01. The Kier molecular flexibility index (Phi) is 5.96. The van der Waals surface area contributed by atoms with Gasteiger partial charge in [0.1, 0.15) is 11.6 Å². The summed E-state index contributed by atoms with van der Waals surface area (Å²) in [5, 5.41) is 6.66. The first kappa shape index (κ1) is 20.1. The highest BCUT2D eigenvalue weighted by Gasteiger charge is 2.19. The molecule has 150 valence electrons. The Bertz CT molecular complexity index is 1130. The van der Waals surface area contributed by atoms with E-state index in [-0.39, 0.29) is 24.1 Å². The van der Waals surface area contributed by atoms with E-state index in [1.807, 2.05) is 0 Å². The maximum atomic E-state index is 13.6. The maximum Gasteiger partial charge on any atom is 0.308 e. The van der Waals surface area contributed by atoms with Crippen molar-refractivity contribution in [3.05, 3.63) is 70.5 Å². The molecular weight excluding hydrogens is 384 g/mol. The molecule has 0 spiro atoms. The van der Waals surface area contributed by atoms with Gasteiger partial charge in [-0.2, -0.15) is 5.10 Å². The van der Waals surface area contributed by atoms with Crippen LogP contribution in [0.1, 0.15) is 13.3 Å². The number of amides is 1. The van der Waals surface area contributed by atoms with Gasteiger partial charge in [0.25, 0.3) is 5.91 Å². The molecule has 1 amide bonds. The molecule has 29 heavy (non-hydrogen) atoms. The second-order valence-corrected chi connectivity index (χ2v) is 6.24. The zero-order valence-corrected chi connectivity index (χ0v) is 15.4. The van der Waals surface area contributed by atoms with Crippen molar-refractivity contribution in [2.24, 2.45) is 0 Å². The van der Waals surface area contributed by atoms with Crippen LogP contribution >= 0.6 is 0 Å². The van der Waals surface area contributed by atoms with E-state index in [1.165, 1.54) is 11.6 Å². The van der Waals surface area contributed by atoms with Crippen LogP contribution in [-0.2, 0) is 20.9 Å². The van der Waals surface area contributed by atoms with Gasteiger partial charge in [-0.1, -0.05) is 12.1 Å². The largest absolute Gasteiger partial charge is 0.452 e. The summed E-state index contributed by atoms with van der Waals surface area (Å²) in [6.45, 7) is 1.45. The van der Waals surface area contributed by atoms with Crippen LogP contribution in [0.4, 0.5) is 14.5 Å². The average molecular weight is 401 g/mol. The predicted molar refractivity (Wildman–Crippen MR) is 101 cm³/mol. The first-order valence-electron chi connectivity index (χ1n) is 8.75. The van der Waals surface area contributed by atoms with Crippen LogP contribution in [0.5, 0.6) is 0 Å². The molecule has 1 aromatic heterocycles. The smallest absolute Gasteiger partial charge is 0.308 e. The van der Waals surface area contributed by atoms with Gasteiger partial charge in [-0.25, -0.2) is 8.78 Å². The highest BCUT2D eigenvalue weighted by molar-refractivity contribution is 5.95. The molecule has 9 heteroatoms. The molecule has 0 radical (unpaired) electrons. The van der Waals surface area contributed by atoms with Gasteiger partial charge in [0, 0.05) is 11.5 Å². The van der Waals surface area contributed by atoms with Crippen LogP contribution in [0.3, 0.4) is 0 Å². The van der Waals surface area contributed by atoms with Crippen molar-refractivity contribution in [2.75, 3.05) is 5.32 Å². The van der Waals surface area contributed by atoms with Gasteiger partial charge >= 0.3 is 5.97 Å². The molecule has 0 saturated carbocycles. The summed E-state index contributed by atoms with van der Waals surface area (Å²) in [6.07, 6.45) is -0.160. The van der Waals surface area contributed by atoms with E-state index in [0.717, 1.165) is 24.4 Å². The number of fused-ring (bicyclic) bond motifs is 1. The van der Waals surface area contributed by atoms with Gasteiger partial charge < -0.3 is 10.1 Å². The van der Waals surface area contributed by atoms with Crippen molar-refractivity contribution in [1.82, 2.24) is 9.78 Å². The standard InChI is InChI=1S/C20H17F2N3O4/c1-12(20(28)24-16-10-13(21)6-7-15(16)22)29-19(27)8-9-25-17-5-3-2-4-14(17)18(26)11-23-25/h2-7,10-12H,8-9H2,1H3,(H,24,28)/t12-/m1/s1. The SMILES string of the molecule is C[C@@H](OC(=O)CCn1ncc(=O)c2ccccc21)C(=O)Nc1cc(F)ccc1F. The summed E-state index contributed by atoms with van der Waals surface area (Å²) in [5.41, 5.74) is -0.00343. The Hall–Kier alpha value is -3.62. The van der Waals surface area contributed by atoms with Crippen molar-refractivity contribution < 1.29 is 23.1 Å². The van der Waals surface area contributed by atoms with Crippen molar-refractivity contribution in [3.8, 4) is 0 Å². The second-order valence-electron chi connectivity index (χ2n) is 6.24. The van der Waals surface area contributed by atoms with Crippen molar-refractivity contribution in [2.45, 2.75) is 26.0 Å². The lowest BCUT2D eigenvalue weighted by Gasteiger charge is -2.14. The van der Waals surface area contributed by atoms with Crippen LogP contribution < -0.4 is 10.7 Å². The maximum absolute atomic E-state index is 13.6. The Morgan fingerprint density at radius 2 is 1.97 bits per heavy atom. The van der Waals surface area contributed by atoms with Gasteiger partial charge in [0.15, 0.2) is 6.10 Å². The predicted octanol–water partition coefficient (Wildman–Crippen LogP) is 2.64. The molecular formula is C20H17F2N3O4. The lowest BCUT2D eigenvalue weighted by atomic mass is 10.2. The van der Waals surface area contributed by atoms with Crippen molar-refractivity contribution in [3.63, 3.8) is 0 Å². The lowest BCUT2D eigenvalue weighted by molar-refractivity contribution is -0.153. The Morgan fingerprint density at radius 1 is 1.21 bits per heavy atom. The third kappa shape index (κ3) is 4.81. The molecule has 0 aliphatic carbocycles. The molecule has 7 nitrogen and oxygen atoms in total. The number of aryl methyl sites for hydroxylation is 1. The fourth-order valence-corrected chi connectivity index (χ4v) is 2.67. The van der Waals surface area contributed by atoms with Crippen molar-refractivity contribution in [1.29, 1.82) is 0 Å². The summed E-state index contributed by atoms with van der Waals surface area (Å²) in [6, 6.07) is 9.46. The summed E-state index contributed by atoms with van der Waals surface area (Å²) >= 11 is 0. The number of benzene rings is 2. The Labute approximate surface area is 163 Å². The van der Waals surface area contributed by atoms with E-state index < -0.39 is 29.6 Å². The molecule has 2 aromatic carbocycles. The average Bonchev–Trinajstić information content (AvgIpc) is 2.70. The third-order valence-corrected chi connectivity index (χ3v) is 4.15. The number of rotatable bonds is 6. The monoisotopic (exact) mass is 401 g/mol. The summed E-state index contributed by atoms with van der Waals surface area (Å²) < 4.78 is 33.3. The normalized spacial score (nSPS) is 11.8. The highest BCUT2D eigenvalue weighted by Crippen LogP contribution is 2.16. The van der Waals surface area contributed by atoms with E-state index >= 15 is 0 Å². The molecule has 1 atom stereocenters. The number of carbonyl (C=O) groups excluding carboxylic acids is 2. The fourth-order valence-electron chi connectivity index (χ4n) is 2.67. The summed E-state index contributed by atoms with van der Waals surface area (Å²) in [7, 11) is 0. The number of hydrogen-bond acceptors (Lipinski definition) is 5. The number of para-hydroxylation sites is 1. The minimum absolute atomic E-state index is 0.105. The number of esters is 1. The number of aromatic nitrogens is 2. The van der Waals surface area contributed by atoms with E-state index in [2.05, 4.69) is 10.4 Å². The van der Waals surface area contributed by atoms with Crippen LogP contribution in [0.15, 0.2) is 53.5 Å². The number of nitrogens with one attached hydrogen (secondary N) is 1. The quantitative estimate of drug-likeness (QED) is 0.642. The number of halogens is 2. The fraction of sp³-hybridized carbons (Fsp3) is 0.200. The third-order valence-electron chi connectivity index (χ3n) is 4.15. The highest BCUT2D eigenvalue weighted by atomic mass is 19.1. The number of anilines is 1. The number of nitrogens with zero attached hydrogens (tertiary/aromatic N) is 2. The Balaban J connectivity index is 1.59. The first-order valence-corrected chi connectivity index (χ1v) is 8.75. The number of carbonyl (C=O) groups is 2. The Morgan fingerprint density at radius 3 is 2.76 bits per heavy atom. The summed E-state index contributed by atoms with van der Waals surface area (Å²) in [4.78, 5) is 36.0. The zero-order chi connectivity index (χ0) is 21.0. The van der Waals surface area contributed by atoms with Gasteiger partial charge in [-0.05, 0) is 31.2 Å². The van der Waals surface area contributed by atoms with Gasteiger partial charge in [-0.15, -0.1) is 0 Å². The first-order chi connectivity index (χ1) is 13.8. The molecule has 1 N–H and O–H groups in total.